The summed E-state index contributed by atoms with van der Waals surface area (Å²) in [5.74, 6) is 1.12. The first-order valence-corrected chi connectivity index (χ1v) is 8.70. The zero-order valence-corrected chi connectivity index (χ0v) is 15.6. The Kier molecular flexibility index (Phi) is 16.7. The third-order valence-corrected chi connectivity index (χ3v) is 2.79. The van der Waals surface area contributed by atoms with Crippen LogP contribution in [-0.4, -0.2) is 64.4 Å². The van der Waals surface area contributed by atoms with Gasteiger partial charge in [-0.05, 0) is 39.8 Å². The third-order valence-electron chi connectivity index (χ3n) is 2.79. The van der Waals surface area contributed by atoms with Crippen molar-refractivity contribution in [2.24, 2.45) is 10.3 Å². The summed E-state index contributed by atoms with van der Waals surface area (Å²) in [5.41, 5.74) is 0. The normalized spacial score (nSPS) is 12.2. The summed E-state index contributed by atoms with van der Waals surface area (Å²) < 4.78 is 10.3. The standard InChI is InChI=1S/C16H34N4O4/c1-5-21-15(3)19-23-13-11-17-9-7-8-10-18-12-14-24-20-16(4)22-6-2/h17-18H,5-14H2,1-4H3/b19-15+,20-16+. The van der Waals surface area contributed by atoms with Gasteiger partial charge in [-0.25, -0.2) is 0 Å². The SMILES string of the molecule is CCO/C(C)=N/OCCNCCCCNCCO/N=C(\C)OCC. The molecule has 0 aromatic carbocycles. The fraction of sp³-hybridized carbons (Fsp3) is 0.875. The number of unbranched alkanes of at least 4 members (excludes halogenated alkanes) is 1. The highest BCUT2D eigenvalue weighted by Gasteiger charge is 1.93. The van der Waals surface area contributed by atoms with E-state index in [1.54, 1.807) is 13.8 Å². The molecule has 0 bridgehead atoms. The van der Waals surface area contributed by atoms with E-state index in [1.165, 1.54) is 0 Å². The largest absolute Gasteiger partial charge is 0.479 e. The minimum Gasteiger partial charge on any atom is -0.479 e. The average molecular weight is 346 g/mol. The molecule has 0 aromatic heterocycles. The van der Waals surface area contributed by atoms with Gasteiger partial charge in [0.25, 0.3) is 0 Å². The smallest absolute Gasteiger partial charge is 0.222 e. The zero-order valence-electron chi connectivity index (χ0n) is 15.6. The summed E-state index contributed by atoms with van der Waals surface area (Å²) in [7, 11) is 0. The van der Waals surface area contributed by atoms with Crippen LogP contribution in [0.25, 0.3) is 0 Å². The summed E-state index contributed by atoms with van der Waals surface area (Å²) in [5, 5.41) is 14.3. The monoisotopic (exact) mass is 346 g/mol. The van der Waals surface area contributed by atoms with Crippen molar-refractivity contribution in [3.63, 3.8) is 0 Å². The van der Waals surface area contributed by atoms with Crippen LogP contribution >= 0.6 is 0 Å². The lowest BCUT2D eigenvalue weighted by Gasteiger charge is -2.06. The minimum absolute atomic E-state index is 0.543. The van der Waals surface area contributed by atoms with Gasteiger partial charge in [-0.3, -0.25) is 0 Å². The quantitative estimate of drug-likeness (QED) is 0.203. The molecule has 0 aromatic rings. The van der Waals surface area contributed by atoms with Gasteiger partial charge < -0.3 is 29.8 Å². The first kappa shape index (κ1) is 22.5. The minimum atomic E-state index is 0.543. The van der Waals surface area contributed by atoms with Crippen LogP contribution in [0.15, 0.2) is 10.3 Å². The van der Waals surface area contributed by atoms with Crippen LogP contribution in [-0.2, 0) is 19.1 Å². The number of hydrogen-bond donors (Lipinski definition) is 2. The Labute approximate surface area is 145 Å². The first-order valence-electron chi connectivity index (χ1n) is 8.70. The number of ether oxygens (including phenoxy) is 2. The molecule has 2 N–H and O–H groups in total. The van der Waals surface area contributed by atoms with Gasteiger partial charge in [-0.1, -0.05) is 10.3 Å². The summed E-state index contributed by atoms with van der Waals surface area (Å²) in [4.78, 5) is 10.2. The molecule has 0 fully saturated rings. The molecule has 0 aliphatic rings. The number of nitrogens with zero attached hydrogens (tertiary/aromatic N) is 2. The second kappa shape index (κ2) is 17.8. The molecular weight excluding hydrogens is 312 g/mol. The molecule has 8 nitrogen and oxygen atoms in total. The van der Waals surface area contributed by atoms with Gasteiger partial charge in [0.05, 0.1) is 13.2 Å². The lowest BCUT2D eigenvalue weighted by atomic mass is 10.3. The van der Waals surface area contributed by atoms with Crippen molar-refractivity contribution >= 4 is 11.8 Å². The summed E-state index contributed by atoms with van der Waals surface area (Å²) in [6.07, 6.45) is 2.22. The summed E-state index contributed by atoms with van der Waals surface area (Å²) >= 11 is 0. The van der Waals surface area contributed by atoms with E-state index in [2.05, 4.69) is 20.9 Å². The highest BCUT2D eigenvalue weighted by atomic mass is 16.7. The van der Waals surface area contributed by atoms with Crippen LogP contribution < -0.4 is 10.6 Å². The van der Waals surface area contributed by atoms with Crippen LogP contribution in [0, 0.1) is 0 Å². The molecule has 0 aliphatic heterocycles. The highest BCUT2D eigenvalue weighted by Crippen LogP contribution is 1.87. The number of nitrogens with one attached hydrogen (secondary N) is 2. The van der Waals surface area contributed by atoms with Gasteiger partial charge in [0, 0.05) is 26.9 Å². The molecule has 0 atom stereocenters. The van der Waals surface area contributed by atoms with Crippen LogP contribution in [0.1, 0.15) is 40.5 Å². The van der Waals surface area contributed by atoms with Gasteiger partial charge in [0.2, 0.25) is 11.8 Å². The molecule has 0 amide bonds. The van der Waals surface area contributed by atoms with E-state index < -0.39 is 0 Å². The average Bonchev–Trinajstić information content (AvgIpc) is 2.55. The molecule has 0 heterocycles. The molecule has 0 radical (unpaired) electrons. The predicted molar refractivity (Wildman–Crippen MR) is 96.3 cm³/mol. The van der Waals surface area contributed by atoms with Crippen molar-refractivity contribution in [2.45, 2.75) is 40.5 Å². The van der Waals surface area contributed by atoms with E-state index in [9.17, 15) is 0 Å². The molecule has 142 valence electrons. The molecule has 24 heavy (non-hydrogen) atoms. The van der Waals surface area contributed by atoms with Gasteiger partial charge in [-0.15, -0.1) is 0 Å². The maximum Gasteiger partial charge on any atom is 0.222 e. The maximum atomic E-state index is 5.15. The Bertz CT molecular complexity index is 306. The number of oxime groups is 2. The second-order valence-electron chi connectivity index (χ2n) is 4.96. The van der Waals surface area contributed by atoms with Crippen molar-refractivity contribution in [1.82, 2.24) is 10.6 Å². The van der Waals surface area contributed by atoms with Crippen molar-refractivity contribution in [2.75, 3.05) is 52.6 Å². The number of rotatable bonds is 15. The predicted octanol–water partition coefficient (Wildman–Crippen LogP) is 1.72. The van der Waals surface area contributed by atoms with Crippen molar-refractivity contribution < 1.29 is 19.1 Å². The fourth-order valence-corrected chi connectivity index (χ4v) is 1.73. The van der Waals surface area contributed by atoms with Crippen molar-refractivity contribution in [3.05, 3.63) is 0 Å². The van der Waals surface area contributed by atoms with E-state index in [4.69, 9.17) is 19.1 Å². The Morgan fingerprint density at radius 2 is 1.12 bits per heavy atom. The van der Waals surface area contributed by atoms with E-state index in [1.807, 2.05) is 13.8 Å². The Hall–Kier alpha value is -1.54. The van der Waals surface area contributed by atoms with E-state index in [-0.39, 0.29) is 0 Å². The van der Waals surface area contributed by atoms with Crippen LogP contribution in [0.3, 0.4) is 0 Å². The molecule has 0 rings (SSSR count). The zero-order chi connectivity index (χ0) is 17.9. The van der Waals surface area contributed by atoms with E-state index >= 15 is 0 Å². The summed E-state index contributed by atoms with van der Waals surface area (Å²) in [6, 6.07) is 0. The molecule has 8 heteroatoms. The van der Waals surface area contributed by atoms with E-state index in [0.717, 1.165) is 39.0 Å². The summed E-state index contributed by atoms with van der Waals surface area (Å²) in [6.45, 7) is 13.2. The van der Waals surface area contributed by atoms with Gasteiger partial charge in [0.1, 0.15) is 13.2 Å². The molecular formula is C16H34N4O4. The van der Waals surface area contributed by atoms with Gasteiger partial charge in [0.15, 0.2) is 0 Å². The third kappa shape index (κ3) is 16.8. The topological polar surface area (TPSA) is 85.7 Å². The van der Waals surface area contributed by atoms with Crippen molar-refractivity contribution in [1.29, 1.82) is 0 Å². The highest BCUT2D eigenvalue weighted by molar-refractivity contribution is 5.72. The lowest BCUT2D eigenvalue weighted by Crippen LogP contribution is -2.23. The van der Waals surface area contributed by atoms with Crippen LogP contribution in [0.2, 0.25) is 0 Å². The number of hydrogen-bond acceptors (Lipinski definition) is 8. The van der Waals surface area contributed by atoms with Crippen LogP contribution in [0.4, 0.5) is 0 Å². The molecule has 0 aliphatic carbocycles. The van der Waals surface area contributed by atoms with Crippen LogP contribution in [0.5, 0.6) is 0 Å². The molecule has 0 saturated heterocycles. The Balaban J connectivity index is 3.20. The molecule has 0 unspecified atom stereocenters. The van der Waals surface area contributed by atoms with Gasteiger partial charge >= 0.3 is 0 Å². The first-order chi connectivity index (χ1) is 11.7. The second-order valence-corrected chi connectivity index (χ2v) is 4.96. The van der Waals surface area contributed by atoms with Crippen molar-refractivity contribution in [3.8, 4) is 0 Å². The molecule has 0 spiro atoms. The Morgan fingerprint density at radius 1 is 0.708 bits per heavy atom. The molecule has 0 saturated carbocycles. The Morgan fingerprint density at radius 3 is 1.50 bits per heavy atom. The van der Waals surface area contributed by atoms with Gasteiger partial charge in [-0.2, -0.15) is 0 Å². The lowest BCUT2D eigenvalue weighted by molar-refractivity contribution is 0.133. The van der Waals surface area contributed by atoms with E-state index in [0.29, 0.717) is 38.2 Å². The maximum absolute atomic E-state index is 5.15. The fourth-order valence-electron chi connectivity index (χ4n) is 1.73.